The third kappa shape index (κ3) is 5.78. The molecule has 10 radical (unpaired) electrons. The van der Waals surface area contributed by atoms with Gasteiger partial charge in [0.15, 0.2) is 0 Å². The second kappa shape index (κ2) is 11.3. The third-order valence-electron chi connectivity index (χ3n) is 4.38. The fourth-order valence-corrected chi connectivity index (χ4v) is 3.00. The molecule has 3 heteroatoms. The SMILES string of the molecule is [CH]1[CH][CH][CH][CH]1.[CH]1[CH][CH][C](c2cnc(-c3ccccc3)c(-c3ccccc3)n2)[CH]1.[Fe+2]. The molecule has 29 heavy (non-hydrogen) atoms. The van der Waals surface area contributed by atoms with Crippen molar-refractivity contribution in [2.75, 3.05) is 0 Å². The van der Waals surface area contributed by atoms with Gasteiger partial charge in [-0.2, -0.15) is 0 Å². The first-order valence-corrected chi connectivity index (χ1v) is 9.28. The molecule has 1 aromatic heterocycles. The fourth-order valence-electron chi connectivity index (χ4n) is 3.00. The number of nitrogens with zero attached hydrogens (tertiary/aromatic N) is 2. The molecule has 2 nitrogen and oxygen atoms in total. The molecule has 0 amide bonds. The predicted octanol–water partition coefficient (Wildman–Crippen LogP) is 5.58. The van der Waals surface area contributed by atoms with Crippen molar-refractivity contribution in [1.82, 2.24) is 9.97 Å². The number of aromatic nitrogens is 2. The van der Waals surface area contributed by atoms with E-state index in [0.29, 0.717) is 0 Å². The molecule has 2 fully saturated rings. The maximum Gasteiger partial charge on any atom is 2.00 e. The zero-order valence-corrected chi connectivity index (χ0v) is 16.9. The van der Waals surface area contributed by atoms with Crippen LogP contribution in [-0.4, -0.2) is 9.97 Å². The van der Waals surface area contributed by atoms with Crippen molar-refractivity contribution in [2.24, 2.45) is 0 Å². The van der Waals surface area contributed by atoms with Gasteiger partial charge in [0, 0.05) is 23.2 Å². The minimum Gasteiger partial charge on any atom is -0.252 e. The molecule has 5 rings (SSSR count). The smallest absolute Gasteiger partial charge is 0.252 e. The molecule has 2 saturated carbocycles. The van der Waals surface area contributed by atoms with Crippen molar-refractivity contribution in [1.29, 1.82) is 0 Å². The molecule has 0 bridgehead atoms. The zero-order valence-electron chi connectivity index (χ0n) is 15.8. The van der Waals surface area contributed by atoms with Crippen molar-refractivity contribution < 1.29 is 17.1 Å². The van der Waals surface area contributed by atoms with E-state index < -0.39 is 0 Å². The van der Waals surface area contributed by atoms with Crippen molar-refractivity contribution in [3.8, 4) is 22.5 Å². The van der Waals surface area contributed by atoms with Gasteiger partial charge in [-0.25, -0.2) is 4.98 Å². The molecule has 0 atom stereocenters. The monoisotopic (exact) mass is 416 g/mol. The Morgan fingerprint density at radius 3 is 1.52 bits per heavy atom. The summed E-state index contributed by atoms with van der Waals surface area (Å²) in [6.45, 7) is 0. The van der Waals surface area contributed by atoms with Gasteiger partial charge in [-0.1, -0.05) is 60.7 Å². The minimum absolute atomic E-state index is 0. The van der Waals surface area contributed by atoms with Crippen LogP contribution in [0.4, 0.5) is 0 Å². The average molecular weight is 416 g/mol. The average Bonchev–Trinajstić information content (AvgIpc) is 3.51. The van der Waals surface area contributed by atoms with E-state index in [1.54, 1.807) is 0 Å². The van der Waals surface area contributed by atoms with Crippen LogP contribution in [-0.2, 0) is 17.1 Å². The van der Waals surface area contributed by atoms with Crippen LogP contribution >= 0.6 is 0 Å². The normalized spacial score (nSPS) is 16.0. The van der Waals surface area contributed by atoms with E-state index in [1.807, 2.05) is 87.5 Å². The van der Waals surface area contributed by atoms with Crippen molar-refractivity contribution in [2.45, 2.75) is 0 Å². The van der Waals surface area contributed by atoms with Crippen LogP contribution in [0.3, 0.4) is 0 Å². The maximum atomic E-state index is 4.90. The molecule has 2 aromatic carbocycles. The van der Waals surface area contributed by atoms with Crippen LogP contribution in [0.1, 0.15) is 5.69 Å². The molecule has 0 aliphatic heterocycles. The van der Waals surface area contributed by atoms with Gasteiger partial charge < -0.3 is 0 Å². The Morgan fingerprint density at radius 2 is 1.00 bits per heavy atom. The number of rotatable bonds is 3. The Balaban J connectivity index is 0.000000352. The van der Waals surface area contributed by atoms with E-state index in [0.717, 1.165) is 34.1 Å². The molecule has 0 saturated heterocycles. The first-order chi connectivity index (χ1) is 13.9. The summed E-state index contributed by atoms with van der Waals surface area (Å²) in [4.78, 5) is 9.62. The Hall–Kier alpha value is -1.96. The molecule has 2 aliphatic carbocycles. The minimum atomic E-state index is 0. The fraction of sp³-hybridized carbons (Fsp3) is 0. The maximum absolute atomic E-state index is 4.90. The van der Waals surface area contributed by atoms with E-state index in [-0.39, 0.29) is 17.1 Å². The molecular formula is C26H20FeN2+2. The van der Waals surface area contributed by atoms with Gasteiger partial charge in [-0.3, -0.25) is 4.98 Å². The predicted molar refractivity (Wildman–Crippen MR) is 114 cm³/mol. The summed E-state index contributed by atoms with van der Waals surface area (Å²) >= 11 is 0. The van der Waals surface area contributed by atoms with E-state index in [2.05, 4.69) is 37.1 Å². The second-order valence-electron chi connectivity index (χ2n) is 6.32. The summed E-state index contributed by atoms with van der Waals surface area (Å²) in [5, 5.41) is 0. The van der Waals surface area contributed by atoms with E-state index in [4.69, 9.17) is 9.97 Å². The topological polar surface area (TPSA) is 25.8 Å². The quantitative estimate of drug-likeness (QED) is 0.521. The number of benzene rings is 2. The molecule has 0 spiro atoms. The van der Waals surface area contributed by atoms with Crippen LogP contribution in [0.2, 0.25) is 0 Å². The van der Waals surface area contributed by atoms with Crippen LogP contribution in [0.5, 0.6) is 0 Å². The van der Waals surface area contributed by atoms with Crippen LogP contribution in [0.15, 0.2) is 66.9 Å². The van der Waals surface area contributed by atoms with Crippen molar-refractivity contribution >= 4 is 0 Å². The zero-order chi connectivity index (χ0) is 19.0. The molecule has 1 heterocycles. The Bertz CT molecular complexity index is 847. The first-order valence-electron chi connectivity index (χ1n) is 9.28. The molecular weight excluding hydrogens is 396 g/mol. The molecule has 0 N–H and O–H groups in total. The van der Waals surface area contributed by atoms with Gasteiger partial charge in [-0.15, -0.1) is 0 Å². The molecule has 0 unspecified atom stereocenters. The largest absolute Gasteiger partial charge is 2.00 e. The Morgan fingerprint density at radius 1 is 0.517 bits per heavy atom. The summed E-state index contributed by atoms with van der Waals surface area (Å²) in [5.41, 5.74) is 4.87. The number of hydrogen-bond donors (Lipinski definition) is 0. The molecule has 2 aliphatic rings. The van der Waals surface area contributed by atoms with Gasteiger partial charge in [0.1, 0.15) is 0 Å². The van der Waals surface area contributed by atoms with Gasteiger partial charge in [-0.05, 0) is 57.8 Å². The summed E-state index contributed by atoms with van der Waals surface area (Å²) < 4.78 is 0. The van der Waals surface area contributed by atoms with Crippen molar-refractivity contribution in [3.63, 3.8) is 0 Å². The summed E-state index contributed by atoms with van der Waals surface area (Å²) in [7, 11) is 0. The van der Waals surface area contributed by atoms with Gasteiger partial charge in [0.2, 0.25) is 0 Å². The molecule has 140 valence electrons. The summed E-state index contributed by atoms with van der Waals surface area (Å²) in [6.07, 6.45) is 20.0. The summed E-state index contributed by atoms with van der Waals surface area (Å²) in [6, 6.07) is 20.4. The Kier molecular flexibility index (Phi) is 8.46. The van der Waals surface area contributed by atoms with Gasteiger partial charge in [0.05, 0.1) is 17.1 Å². The van der Waals surface area contributed by atoms with Crippen LogP contribution < -0.4 is 0 Å². The van der Waals surface area contributed by atoms with Gasteiger partial charge in [0.25, 0.3) is 0 Å². The standard InChI is InChI=1S/C21H15N2.C5H5.Fe/c1-3-11-17(12-4-1)20-21(18-13-5-2-6-14-18)23-19(15-22-20)16-9-7-8-10-16;1-2-4-5-3-1;/h1-15H;1-5H;/q;;+2. The second-order valence-corrected chi connectivity index (χ2v) is 6.32. The Labute approximate surface area is 185 Å². The number of hydrogen-bond acceptors (Lipinski definition) is 2. The van der Waals surface area contributed by atoms with E-state index >= 15 is 0 Å². The van der Waals surface area contributed by atoms with Crippen molar-refractivity contribution in [3.05, 3.63) is 136 Å². The van der Waals surface area contributed by atoms with E-state index in [1.165, 1.54) is 0 Å². The first kappa shape index (κ1) is 21.7. The third-order valence-corrected chi connectivity index (χ3v) is 4.38. The summed E-state index contributed by atoms with van der Waals surface area (Å²) in [5.74, 6) is 1.09. The van der Waals surface area contributed by atoms with E-state index in [9.17, 15) is 0 Å². The van der Waals surface area contributed by atoms with Gasteiger partial charge >= 0.3 is 17.1 Å². The molecule has 3 aromatic rings. The van der Waals surface area contributed by atoms with Crippen LogP contribution in [0.25, 0.3) is 22.5 Å². The van der Waals surface area contributed by atoms with Crippen LogP contribution in [0, 0.1) is 63.7 Å².